The van der Waals surface area contributed by atoms with Crippen molar-refractivity contribution >= 4 is 35.8 Å². The van der Waals surface area contributed by atoms with Gasteiger partial charge < -0.3 is 16.4 Å². The third-order valence-corrected chi connectivity index (χ3v) is 5.49. The van der Waals surface area contributed by atoms with E-state index in [2.05, 4.69) is 51.8 Å². The van der Waals surface area contributed by atoms with E-state index in [1.807, 2.05) is 16.9 Å². The van der Waals surface area contributed by atoms with Crippen LogP contribution in [0.3, 0.4) is 0 Å². The van der Waals surface area contributed by atoms with E-state index in [1.54, 1.807) is 6.20 Å². The van der Waals surface area contributed by atoms with E-state index in [1.165, 1.54) is 11.1 Å². The van der Waals surface area contributed by atoms with Gasteiger partial charge in [-0.2, -0.15) is 5.10 Å². The molecule has 0 saturated carbocycles. The average molecular weight is 553 g/mol. The molecular formula is C23H36IN7O. The number of aliphatic imine (C=N–C) groups is 1. The maximum Gasteiger partial charge on any atom is 0.221 e. The molecule has 8 nitrogen and oxygen atoms in total. The number of guanidine groups is 1. The molecule has 0 radical (unpaired) electrons. The molecule has 1 amide bonds. The number of hydrogen-bond donors (Lipinski definition) is 3. The maximum absolute atomic E-state index is 11.5. The van der Waals surface area contributed by atoms with Crippen molar-refractivity contribution in [2.45, 2.75) is 45.8 Å². The molecule has 176 valence electrons. The van der Waals surface area contributed by atoms with Gasteiger partial charge in [-0.15, -0.1) is 24.0 Å². The second kappa shape index (κ2) is 14.1. The quantitative estimate of drug-likeness (QED) is 0.182. The Labute approximate surface area is 208 Å². The molecule has 1 aromatic carbocycles. The molecule has 3 rings (SSSR count). The van der Waals surface area contributed by atoms with Crippen LogP contribution in [0, 0.1) is 5.92 Å². The van der Waals surface area contributed by atoms with E-state index in [4.69, 9.17) is 10.7 Å². The van der Waals surface area contributed by atoms with Gasteiger partial charge >= 0.3 is 0 Å². The molecule has 4 N–H and O–H groups in total. The Kier molecular flexibility index (Phi) is 11.5. The van der Waals surface area contributed by atoms with Crippen molar-refractivity contribution in [3.8, 4) is 0 Å². The van der Waals surface area contributed by atoms with E-state index in [0.717, 1.165) is 64.5 Å². The third kappa shape index (κ3) is 8.78. The summed E-state index contributed by atoms with van der Waals surface area (Å²) < 4.78 is 1.94. The first-order valence-electron chi connectivity index (χ1n) is 11.2. The molecule has 1 fully saturated rings. The molecule has 2 heterocycles. The normalized spacial score (nSPS) is 16.9. The predicted octanol–water partition coefficient (Wildman–Crippen LogP) is 2.34. The summed E-state index contributed by atoms with van der Waals surface area (Å²) in [6, 6.07) is 10.5. The Morgan fingerprint density at radius 1 is 1.28 bits per heavy atom. The highest BCUT2D eigenvalue weighted by Gasteiger charge is 2.23. The van der Waals surface area contributed by atoms with Crippen LogP contribution in [0.4, 0.5) is 0 Å². The van der Waals surface area contributed by atoms with Gasteiger partial charge in [-0.1, -0.05) is 24.3 Å². The van der Waals surface area contributed by atoms with Gasteiger partial charge in [0.1, 0.15) is 0 Å². The molecule has 0 aliphatic carbocycles. The van der Waals surface area contributed by atoms with Gasteiger partial charge in [-0.25, -0.2) is 4.99 Å². The lowest BCUT2D eigenvalue weighted by Gasteiger charge is -2.31. The third-order valence-electron chi connectivity index (χ3n) is 5.49. The summed E-state index contributed by atoms with van der Waals surface area (Å²) in [5, 5.41) is 10.9. The number of nitrogens with two attached hydrogens (primary N) is 1. The van der Waals surface area contributed by atoms with Crippen molar-refractivity contribution in [2.75, 3.05) is 26.2 Å². The van der Waals surface area contributed by atoms with Gasteiger partial charge in [0, 0.05) is 45.1 Å². The second-order valence-electron chi connectivity index (χ2n) is 8.04. The van der Waals surface area contributed by atoms with Gasteiger partial charge in [0.2, 0.25) is 5.91 Å². The number of aryl methyl sites for hydroxylation is 1. The predicted molar refractivity (Wildman–Crippen MR) is 139 cm³/mol. The van der Waals surface area contributed by atoms with Crippen LogP contribution in [-0.4, -0.2) is 52.7 Å². The lowest BCUT2D eigenvalue weighted by atomic mass is 9.97. The summed E-state index contributed by atoms with van der Waals surface area (Å²) in [6.45, 7) is 7.83. The van der Waals surface area contributed by atoms with Crippen molar-refractivity contribution in [3.63, 3.8) is 0 Å². The van der Waals surface area contributed by atoms with Crippen LogP contribution in [0.5, 0.6) is 0 Å². The zero-order valence-corrected chi connectivity index (χ0v) is 21.2. The van der Waals surface area contributed by atoms with Crippen molar-refractivity contribution in [2.24, 2.45) is 16.6 Å². The van der Waals surface area contributed by atoms with E-state index in [-0.39, 0.29) is 35.8 Å². The van der Waals surface area contributed by atoms with Crippen LogP contribution in [0.15, 0.2) is 47.7 Å². The van der Waals surface area contributed by atoms with Crippen molar-refractivity contribution < 1.29 is 4.79 Å². The van der Waals surface area contributed by atoms with Gasteiger partial charge in [-0.05, 0) is 49.9 Å². The standard InChI is InChI=1S/C23H35N7O.HI/c1-2-25-23(26-10-5-13-30-14-6-11-28-30)27-16-19-7-3-8-20(15-19)17-29-12-4-9-21(18-29)22(24)31;/h3,6-8,11,14-15,21H,2,4-5,9-10,12-13,16-18H2,1H3,(H2,24,31)(H2,25,26,27);1H. The lowest BCUT2D eigenvalue weighted by molar-refractivity contribution is -0.123. The molecule has 1 unspecified atom stereocenters. The fraction of sp³-hybridized carbons (Fsp3) is 0.522. The Morgan fingerprint density at radius 3 is 2.88 bits per heavy atom. The van der Waals surface area contributed by atoms with E-state index in [9.17, 15) is 4.79 Å². The monoisotopic (exact) mass is 553 g/mol. The Morgan fingerprint density at radius 2 is 2.12 bits per heavy atom. The number of nitrogens with one attached hydrogen (secondary N) is 2. The SMILES string of the molecule is CCNC(=NCc1cccc(CN2CCCC(C(N)=O)C2)c1)NCCCn1cccn1.I. The fourth-order valence-corrected chi connectivity index (χ4v) is 3.91. The number of carbonyl (C=O) groups is 1. The Balaban J connectivity index is 0.00000363. The minimum atomic E-state index is -0.180. The first kappa shape index (κ1) is 26.1. The first-order chi connectivity index (χ1) is 15.1. The second-order valence-corrected chi connectivity index (χ2v) is 8.04. The summed E-state index contributed by atoms with van der Waals surface area (Å²) in [5.74, 6) is 0.623. The summed E-state index contributed by atoms with van der Waals surface area (Å²) in [4.78, 5) is 18.6. The number of likely N-dealkylation sites (tertiary alicyclic amines) is 1. The number of rotatable bonds is 10. The number of aromatic nitrogens is 2. The summed E-state index contributed by atoms with van der Waals surface area (Å²) in [5.41, 5.74) is 7.93. The Hall–Kier alpha value is -2.14. The number of primary amides is 1. The van der Waals surface area contributed by atoms with E-state index in [0.29, 0.717) is 6.54 Å². The highest BCUT2D eigenvalue weighted by atomic mass is 127. The number of halogens is 1. The zero-order chi connectivity index (χ0) is 21.9. The first-order valence-corrected chi connectivity index (χ1v) is 11.2. The molecule has 1 saturated heterocycles. The van der Waals surface area contributed by atoms with Crippen LogP contribution < -0.4 is 16.4 Å². The number of benzene rings is 1. The molecule has 1 aliphatic heterocycles. The molecule has 32 heavy (non-hydrogen) atoms. The van der Waals surface area contributed by atoms with Crippen molar-refractivity contribution in [1.82, 2.24) is 25.3 Å². The fourth-order valence-electron chi connectivity index (χ4n) is 3.91. The van der Waals surface area contributed by atoms with Crippen molar-refractivity contribution in [3.05, 3.63) is 53.9 Å². The van der Waals surface area contributed by atoms with E-state index < -0.39 is 0 Å². The van der Waals surface area contributed by atoms with Gasteiger partial charge in [0.05, 0.1) is 12.5 Å². The van der Waals surface area contributed by atoms with Gasteiger partial charge in [0.25, 0.3) is 0 Å². The highest BCUT2D eigenvalue weighted by molar-refractivity contribution is 14.0. The molecule has 2 aromatic rings. The van der Waals surface area contributed by atoms with Gasteiger partial charge in [-0.3, -0.25) is 14.4 Å². The minimum Gasteiger partial charge on any atom is -0.369 e. The van der Waals surface area contributed by atoms with Crippen LogP contribution in [0.2, 0.25) is 0 Å². The van der Waals surface area contributed by atoms with Crippen LogP contribution in [-0.2, 0) is 24.4 Å². The molecule has 9 heteroatoms. The van der Waals surface area contributed by atoms with E-state index >= 15 is 0 Å². The lowest BCUT2D eigenvalue weighted by Crippen LogP contribution is -2.40. The number of hydrogen-bond acceptors (Lipinski definition) is 4. The molecular weight excluding hydrogens is 517 g/mol. The zero-order valence-electron chi connectivity index (χ0n) is 18.9. The summed E-state index contributed by atoms with van der Waals surface area (Å²) in [7, 11) is 0. The van der Waals surface area contributed by atoms with Crippen molar-refractivity contribution in [1.29, 1.82) is 0 Å². The summed E-state index contributed by atoms with van der Waals surface area (Å²) >= 11 is 0. The molecule has 1 aromatic heterocycles. The smallest absolute Gasteiger partial charge is 0.221 e. The molecule has 1 aliphatic rings. The highest BCUT2D eigenvalue weighted by Crippen LogP contribution is 2.19. The number of piperidine rings is 1. The molecule has 0 bridgehead atoms. The number of amides is 1. The van der Waals surface area contributed by atoms with Gasteiger partial charge in [0.15, 0.2) is 5.96 Å². The van der Waals surface area contributed by atoms with Crippen LogP contribution in [0.25, 0.3) is 0 Å². The largest absolute Gasteiger partial charge is 0.369 e. The minimum absolute atomic E-state index is 0. The maximum atomic E-state index is 11.5. The molecule has 0 spiro atoms. The Bertz CT molecular complexity index is 841. The number of nitrogens with zero attached hydrogens (tertiary/aromatic N) is 4. The number of carbonyl (C=O) groups excluding carboxylic acids is 1. The van der Waals surface area contributed by atoms with Crippen LogP contribution >= 0.6 is 24.0 Å². The molecule has 1 atom stereocenters. The van der Waals surface area contributed by atoms with Crippen LogP contribution in [0.1, 0.15) is 37.3 Å². The topological polar surface area (TPSA) is 101 Å². The average Bonchev–Trinajstić information content (AvgIpc) is 3.29. The summed E-state index contributed by atoms with van der Waals surface area (Å²) in [6.07, 6.45) is 6.68.